The molecular formula is C55H40S2. The molecule has 8 aromatic carbocycles. The molecule has 0 saturated carbocycles. The van der Waals surface area contributed by atoms with Gasteiger partial charge in [-0.2, -0.15) is 0 Å². The quantitative estimate of drug-likeness (QED) is 0.107. The fraction of sp³-hybridized carbons (Fsp3) is 0.0545. The summed E-state index contributed by atoms with van der Waals surface area (Å²) in [5.41, 5.74) is 10.0. The van der Waals surface area contributed by atoms with E-state index in [0.717, 1.165) is 6.42 Å². The molecular weight excluding hydrogens is 725 g/mol. The minimum absolute atomic E-state index is 1.03. The maximum absolute atomic E-state index is 2.43. The Balaban J connectivity index is 1.09. The van der Waals surface area contributed by atoms with Gasteiger partial charge < -0.3 is 0 Å². The van der Waals surface area contributed by atoms with E-state index in [1.807, 2.05) is 22.7 Å². The van der Waals surface area contributed by atoms with Crippen molar-refractivity contribution in [2.45, 2.75) is 20.3 Å². The van der Waals surface area contributed by atoms with Crippen molar-refractivity contribution in [1.29, 1.82) is 0 Å². The van der Waals surface area contributed by atoms with E-state index >= 15 is 0 Å². The van der Waals surface area contributed by atoms with Crippen LogP contribution in [0.3, 0.4) is 0 Å². The highest BCUT2D eigenvalue weighted by Gasteiger charge is 2.18. The highest BCUT2D eigenvalue weighted by Crippen LogP contribution is 2.46. The maximum atomic E-state index is 2.43. The van der Waals surface area contributed by atoms with Gasteiger partial charge in [0.15, 0.2) is 0 Å². The fourth-order valence-corrected chi connectivity index (χ4v) is 10.5. The first-order valence-corrected chi connectivity index (χ1v) is 21.4. The Labute approximate surface area is 342 Å². The molecule has 272 valence electrons. The fourth-order valence-electron chi connectivity index (χ4n) is 8.40. The predicted octanol–water partition coefficient (Wildman–Crippen LogP) is 17.1. The van der Waals surface area contributed by atoms with Crippen molar-refractivity contribution in [3.05, 3.63) is 199 Å². The summed E-state index contributed by atoms with van der Waals surface area (Å²) in [4.78, 5) is 5.24. The molecule has 2 heterocycles. The molecule has 0 aliphatic rings. The number of benzene rings is 8. The third kappa shape index (κ3) is 6.51. The van der Waals surface area contributed by atoms with Crippen LogP contribution in [0.25, 0.3) is 102 Å². The number of fused-ring (bicyclic) bond motifs is 4. The van der Waals surface area contributed by atoms with Crippen LogP contribution in [0.5, 0.6) is 0 Å². The molecule has 2 aromatic heterocycles. The van der Waals surface area contributed by atoms with Gasteiger partial charge in [-0.05, 0) is 143 Å². The van der Waals surface area contributed by atoms with Gasteiger partial charge in [0.2, 0.25) is 0 Å². The molecule has 0 N–H and O–H groups in total. The van der Waals surface area contributed by atoms with Crippen LogP contribution in [-0.2, 0) is 0 Å². The average molecular weight is 765 g/mol. The lowest BCUT2D eigenvalue weighted by Crippen LogP contribution is -1.92. The first kappa shape index (κ1) is 35.1. The third-order valence-electron chi connectivity index (χ3n) is 11.1. The molecule has 0 nitrogen and oxygen atoms in total. The van der Waals surface area contributed by atoms with Gasteiger partial charge >= 0.3 is 0 Å². The summed E-state index contributed by atoms with van der Waals surface area (Å²) in [6.07, 6.45) is 7.68. The van der Waals surface area contributed by atoms with Crippen LogP contribution in [0.2, 0.25) is 0 Å². The summed E-state index contributed by atoms with van der Waals surface area (Å²) in [5, 5.41) is 10.1. The van der Waals surface area contributed by atoms with E-state index in [-0.39, 0.29) is 0 Å². The zero-order valence-electron chi connectivity index (χ0n) is 32.0. The molecule has 0 bridgehead atoms. The Morgan fingerprint density at radius 2 is 0.930 bits per heavy atom. The summed E-state index contributed by atoms with van der Waals surface area (Å²) in [6.45, 7) is 4.28. The molecule has 10 aromatic rings. The van der Waals surface area contributed by atoms with Crippen LogP contribution in [0.4, 0.5) is 0 Å². The lowest BCUT2D eigenvalue weighted by molar-refractivity contribution is 1.23. The van der Waals surface area contributed by atoms with E-state index in [2.05, 4.69) is 208 Å². The molecule has 2 heteroatoms. The lowest BCUT2D eigenvalue weighted by Gasteiger charge is -2.19. The maximum Gasteiger partial charge on any atom is 0.0449 e. The van der Waals surface area contributed by atoms with E-state index in [4.69, 9.17) is 0 Å². The molecule has 0 radical (unpaired) electrons. The second-order valence-electron chi connectivity index (χ2n) is 14.7. The molecule has 57 heavy (non-hydrogen) atoms. The zero-order chi connectivity index (χ0) is 38.3. The highest BCUT2D eigenvalue weighted by molar-refractivity contribution is 7.24. The molecule has 0 saturated heterocycles. The van der Waals surface area contributed by atoms with Crippen LogP contribution < -0.4 is 0 Å². The number of hydrogen-bond acceptors (Lipinski definition) is 2. The summed E-state index contributed by atoms with van der Waals surface area (Å²) < 4.78 is 0. The average Bonchev–Trinajstić information content (AvgIpc) is 3.96. The SMILES string of the molecule is C/C=C\C(=C/CC)c1ccc(-c2ccc(-c3ccc(-c4ccc5c(-c6ccc7ccccc7c6)c6ccccc6c(-c6ccc7ccccc7c6)c5c4)cc3)s2)s1. The minimum atomic E-state index is 1.03. The Morgan fingerprint density at radius 1 is 0.421 bits per heavy atom. The monoisotopic (exact) mass is 764 g/mol. The van der Waals surface area contributed by atoms with Crippen molar-refractivity contribution in [2.75, 3.05) is 0 Å². The molecule has 10 rings (SSSR count). The van der Waals surface area contributed by atoms with Crippen LogP contribution in [0.15, 0.2) is 194 Å². The highest BCUT2D eigenvalue weighted by atomic mass is 32.1. The first-order chi connectivity index (χ1) is 28.1. The van der Waals surface area contributed by atoms with Crippen LogP contribution >= 0.6 is 22.7 Å². The zero-order valence-corrected chi connectivity index (χ0v) is 33.6. The number of thiophene rings is 2. The van der Waals surface area contributed by atoms with Gasteiger partial charge in [-0.25, -0.2) is 0 Å². The Bertz CT molecular complexity index is 3170. The molecule has 0 aliphatic heterocycles. The predicted molar refractivity (Wildman–Crippen MR) is 252 cm³/mol. The van der Waals surface area contributed by atoms with E-state index in [0.29, 0.717) is 0 Å². The van der Waals surface area contributed by atoms with Crippen molar-refractivity contribution in [3.63, 3.8) is 0 Å². The summed E-state index contributed by atoms with van der Waals surface area (Å²) in [7, 11) is 0. The van der Waals surface area contributed by atoms with Gasteiger partial charge in [-0.1, -0.05) is 159 Å². The van der Waals surface area contributed by atoms with E-state index in [1.54, 1.807) is 0 Å². The van der Waals surface area contributed by atoms with Crippen molar-refractivity contribution in [3.8, 4) is 53.6 Å². The summed E-state index contributed by atoms with van der Waals surface area (Å²) in [5.74, 6) is 0. The largest absolute Gasteiger partial charge is 0.134 e. The number of allylic oxidation sites excluding steroid dienone is 4. The molecule has 0 spiro atoms. The van der Waals surface area contributed by atoms with E-state index < -0.39 is 0 Å². The second kappa shape index (κ2) is 15.0. The van der Waals surface area contributed by atoms with Gasteiger partial charge in [0.1, 0.15) is 0 Å². The molecule has 0 unspecified atom stereocenters. The molecule has 0 aliphatic carbocycles. The standard InChI is InChI=1S/C55H40S2/c1-3-11-39(12-4-2)50-29-31-52(56-50)53-32-30-51(57-53)40-23-19-38(20-24-40)43-27-28-48-49(35-43)55(45-26-22-37-14-6-8-16-42(37)34-45)47-18-10-9-17-46(47)54(48)44-25-21-36-13-5-7-15-41(36)33-44/h3,5-35H,4H2,1-2H3/b11-3-,39-12+. The first-order valence-electron chi connectivity index (χ1n) is 19.8. The topological polar surface area (TPSA) is 0 Å². The van der Waals surface area contributed by atoms with Gasteiger partial charge in [-0.3, -0.25) is 0 Å². The second-order valence-corrected chi connectivity index (χ2v) is 16.8. The summed E-state index contributed by atoms with van der Waals surface area (Å²) >= 11 is 3.74. The smallest absolute Gasteiger partial charge is 0.0449 e. The minimum Gasteiger partial charge on any atom is -0.134 e. The lowest BCUT2D eigenvalue weighted by atomic mass is 9.84. The van der Waals surface area contributed by atoms with E-state index in [9.17, 15) is 0 Å². The number of hydrogen-bond donors (Lipinski definition) is 0. The van der Waals surface area contributed by atoms with Gasteiger partial charge in [0.05, 0.1) is 0 Å². The molecule has 0 amide bonds. The Kier molecular flexibility index (Phi) is 9.22. The Hall–Kier alpha value is -6.32. The van der Waals surface area contributed by atoms with Crippen LogP contribution in [0, 0.1) is 0 Å². The van der Waals surface area contributed by atoms with Crippen molar-refractivity contribution in [2.24, 2.45) is 0 Å². The third-order valence-corrected chi connectivity index (χ3v) is 13.6. The normalized spacial score (nSPS) is 12.1. The van der Waals surface area contributed by atoms with E-state index in [1.165, 1.54) is 107 Å². The Morgan fingerprint density at radius 3 is 1.58 bits per heavy atom. The molecule has 0 fully saturated rings. The van der Waals surface area contributed by atoms with Gasteiger partial charge in [0, 0.05) is 19.5 Å². The van der Waals surface area contributed by atoms with Crippen molar-refractivity contribution >= 4 is 71.3 Å². The van der Waals surface area contributed by atoms with Crippen molar-refractivity contribution in [1.82, 2.24) is 0 Å². The van der Waals surface area contributed by atoms with Crippen molar-refractivity contribution < 1.29 is 0 Å². The van der Waals surface area contributed by atoms with Crippen LogP contribution in [-0.4, -0.2) is 0 Å². The number of rotatable bonds is 8. The van der Waals surface area contributed by atoms with Gasteiger partial charge in [0.25, 0.3) is 0 Å². The summed E-state index contributed by atoms with van der Waals surface area (Å²) in [6, 6.07) is 65.5. The van der Waals surface area contributed by atoms with Crippen LogP contribution in [0.1, 0.15) is 25.1 Å². The van der Waals surface area contributed by atoms with Gasteiger partial charge in [-0.15, -0.1) is 22.7 Å². The molecule has 0 atom stereocenters.